The quantitative estimate of drug-likeness (QED) is 0.752. The van der Waals surface area contributed by atoms with Gasteiger partial charge in [0.15, 0.2) is 0 Å². The Morgan fingerprint density at radius 3 is 2.71 bits per heavy atom. The number of fused-ring (bicyclic) bond motifs is 1. The van der Waals surface area contributed by atoms with Crippen LogP contribution in [-0.4, -0.2) is 17.6 Å². The van der Waals surface area contributed by atoms with Gasteiger partial charge in [-0.25, -0.2) is 9.78 Å². The number of rotatable bonds is 3. The van der Waals surface area contributed by atoms with Crippen LogP contribution in [0, 0.1) is 11.8 Å². The van der Waals surface area contributed by atoms with Crippen molar-refractivity contribution in [2.75, 3.05) is 6.54 Å². The monoisotopic (exact) mass is 316 g/mol. The van der Waals surface area contributed by atoms with Gasteiger partial charge < -0.3 is 10.1 Å². The largest absolute Gasteiger partial charge is 0.445 e. The standard InChI is InChI=1S/C20H16N2O2/c23-20(24-15-16-7-2-1-3-8-16)22-13-6-11-19-18-10-5-4-9-17(18)12-14-21-19/h1-5,7-10,12,14H,13,15H2,(H,22,23). The second kappa shape index (κ2) is 7.80. The minimum atomic E-state index is -0.487. The number of hydrogen-bond donors (Lipinski definition) is 1. The highest BCUT2D eigenvalue weighted by Crippen LogP contribution is 2.14. The van der Waals surface area contributed by atoms with Gasteiger partial charge in [0, 0.05) is 11.6 Å². The molecule has 1 amide bonds. The van der Waals surface area contributed by atoms with Crippen LogP contribution in [0.1, 0.15) is 11.3 Å². The summed E-state index contributed by atoms with van der Waals surface area (Å²) in [6, 6.07) is 19.4. The molecule has 0 saturated heterocycles. The van der Waals surface area contributed by atoms with Crippen LogP contribution in [0.2, 0.25) is 0 Å². The fraction of sp³-hybridized carbons (Fsp3) is 0.100. The molecule has 0 atom stereocenters. The van der Waals surface area contributed by atoms with Crippen LogP contribution in [0.15, 0.2) is 66.9 Å². The smallest absolute Gasteiger partial charge is 0.408 e. The number of amides is 1. The van der Waals surface area contributed by atoms with Gasteiger partial charge in [0.05, 0.1) is 6.54 Å². The lowest BCUT2D eigenvalue weighted by molar-refractivity contribution is 0.141. The van der Waals surface area contributed by atoms with E-state index in [2.05, 4.69) is 22.1 Å². The van der Waals surface area contributed by atoms with Crippen molar-refractivity contribution in [1.82, 2.24) is 10.3 Å². The van der Waals surface area contributed by atoms with Crippen molar-refractivity contribution in [3.8, 4) is 11.8 Å². The van der Waals surface area contributed by atoms with E-state index in [0.717, 1.165) is 16.3 Å². The van der Waals surface area contributed by atoms with Crippen LogP contribution in [-0.2, 0) is 11.3 Å². The van der Waals surface area contributed by atoms with E-state index in [1.54, 1.807) is 6.20 Å². The van der Waals surface area contributed by atoms with Gasteiger partial charge in [-0.2, -0.15) is 0 Å². The van der Waals surface area contributed by atoms with Gasteiger partial charge in [-0.1, -0.05) is 60.5 Å². The summed E-state index contributed by atoms with van der Waals surface area (Å²) in [5.41, 5.74) is 1.64. The van der Waals surface area contributed by atoms with E-state index < -0.39 is 6.09 Å². The van der Waals surface area contributed by atoms with E-state index in [-0.39, 0.29) is 13.2 Å². The lowest BCUT2D eigenvalue weighted by atomic mass is 10.1. The Hall–Kier alpha value is -3.32. The van der Waals surface area contributed by atoms with Crippen LogP contribution >= 0.6 is 0 Å². The average molecular weight is 316 g/mol. The summed E-state index contributed by atoms with van der Waals surface area (Å²) < 4.78 is 5.12. The number of aromatic nitrogens is 1. The fourth-order valence-electron chi connectivity index (χ4n) is 2.24. The van der Waals surface area contributed by atoms with Crippen molar-refractivity contribution >= 4 is 16.9 Å². The molecule has 0 saturated carbocycles. The van der Waals surface area contributed by atoms with E-state index in [1.807, 2.05) is 60.7 Å². The minimum Gasteiger partial charge on any atom is -0.445 e. The minimum absolute atomic E-state index is 0.207. The van der Waals surface area contributed by atoms with Crippen molar-refractivity contribution in [1.29, 1.82) is 0 Å². The molecule has 3 rings (SSSR count). The van der Waals surface area contributed by atoms with Crippen LogP contribution < -0.4 is 5.32 Å². The summed E-state index contributed by atoms with van der Waals surface area (Å²) in [7, 11) is 0. The highest BCUT2D eigenvalue weighted by molar-refractivity contribution is 5.86. The molecular weight excluding hydrogens is 300 g/mol. The number of ether oxygens (including phenoxy) is 1. The normalized spacial score (nSPS) is 9.83. The molecule has 0 unspecified atom stereocenters. The lowest BCUT2D eigenvalue weighted by Gasteiger charge is -2.04. The van der Waals surface area contributed by atoms with Gasteiger partial charge in [-0.3, -0.25) is 0 Å². The van der Waals surface area contributed by atoms with Crippen LogP contribution in [0.4, 0.5) is 4.79 Å². The van der Waals surface area contributed by atoms with Gasteiger partial charge in [0.1, 0.15) is 12.3 Å². The van der Waals surface area contributed by atoms with E-state index >= 15 is 0 Å². The third kappa shape index (κ3) is 4.11. The van der Waals surface area contributed by atoms with Gasteiger partial charge in [0.25, 0.3) is 0 Å². The highest BCUT2D eigenvalue weighted by atomic mass is 16.5. The summed E-state index contributed by atoms with van der Waals surface area (Å²) in [6.07, 6.45) is 1.24. The Morgan fingerprint density at radius 2 is 1.83 bits per heavy atom. The summed E-state index contributed by atoms with van der Waals surface area (Å²) in [4.78, 5) is 15.9. The molecule has 0 radical (unpaired) electrons. The predicted molar refractivity (Wildman–Crippen MR) is 93.3 cm³/mol. The Balaban J connectivity index is 1.53. The molecular formula is C20H16N2O2. The van der Waals surface area contributed by atoms with E-state index in [4.69, 9.17) is 4.74 Å². The molecule has 1 aromatic heterocycles. The molecule has 0 bridgehead atoms. The number of benzene rings is 2. The van der Waals surface area contributed by atoms with E-state index in [1.165, 1.54) is 0 Å². The first-order chi connectivity index (χ1) is 11.8. The van der Waals surface area contributed by atoms with Gasteiger partial charge in [0.2, 0.25) is 0 Å². The molecule has 0 aliphatic heterocycles. The molecule has 118 valence electrons. The fourth-order valence-corrected chi connectivity index (χ4v) is 2.24. The molecule has 3 aromatic rings. The average Bonchev–Trinajstić information content (AvgIpc) is 2.64. The Bertz CT molecular complexity index is 890. The maximum atomic E-state index is 11.6. The molecule has 24 heavy (non-hydrogen) atoms. The molecule has 1 N–H and O–H groups in total. The van der Waals surface area contributed by atoms with E-state index in [0.29, 0.717) is 5.69 Å². The van der Waals surface area contributed by atoms with Gasteiger partial charge in [-0.05, 0) is 22.9 Å². The molecule has 0 fully saturated rings. The third-order valence-corrected chi connectivity index (χ3v) is 3.41. The maximum absolute atomic E-state index is 11.6. The maximum Gasteiger partial charge on any atom is 0.408 e. The second-order valence-corrected chi connectivity index (χ2v) is 5.10. The van der Waals surface area contributed by atoms with Gasteiger partial charge >= 0.3 is 6.09 Å². The first-order valence-corrected chi connectivity index (χ1v) is 7.60. The molecule has 0 aliphatic rings. The second-order valence-electron chi connectivity index (χ2n) is 5.10. The van der Waals surface area contributed by atoms with Crippen molar-refractivity contribution in [2.24, 2.45) is 0 Å². The summed E-state index contributed by atoms with van der Waals surface area (Å²) in [5, 5.41) is 4.70. The lowest BCUT2D eigenvalue weighted by Crippen LogP contribution is -2.24. The number of nitrogens with zero attached hydrogens (tertiary/aromatic N) is 1. The molecule has 2 aromatic carbocycles. The molecule has 4 nitrogen and oxygen atoms in total. The SMILES string of the molecule is O=C(NCC#Cc1nccc2ccccc12)OCc1ccccc1. The van der Waals surface area contributed by atoms with Crippen molar-refractivity contribution in [2.45, 2.75) is 6.61 Å². The number of carbonyl (C=O) groups is 1. The first-order valence-electron chi connectivity index (χ1n) is 7.60. The van der Waals surface area contributed by atoms with Crippen LogP contribution in [0.5, 0.6) is 0 Å². The summed E-state index contributed by atoms with van der Waals surface area (Å²) >= 11 is 0. The number of pyridine rings is 1. The van der Waals surface area contributed by atoms with Crippen LogP contribution in [0.3, 0.4) is 0 Å². The van der Waals surface area contributed by atoms with E-state index in [9.17, 15) is 4.79 Å². The molecule has 1 heterocycles. The zero-order valence-corrected chi connectivity index (χ0v) is 13.0. The third-order valence-electron chi connectivity index (χ3n) is 3.41. The predicted octanol–water partition coefficient (Wildman–Crippen LogP) is 3.51. The first kappa shape index (κ1) is 15.6. The Kier molecular flexibility index (Phi) is 5.06. The topological polar surface area (TPSA) is 51.2 Å². The Labute approximate surface area is 140 Å². The molecule has 0 aliphatic carbocycles. The molecule has 4 heteroatoms. The zero-order valence-electron chi connectivity index (χ0n) is 13.0. The summed E-state index contributed by atoms with van der Waals surface area (Å²) in [6.45, 7) is 0.448. The highest BCUT2D eigenvalue weighted by Gasteiger charge is 2.01. The number of nitrogens with one attached hydrogen (secondary N) is 1. The molecule has 0 spiro atoms. The summed E-state index contributed by atoms with van der Waals surface area (Å²) in [5.74, 6) is 5.88. The van der Waals surface area contributed by atoms with Crippen molar-refractivity contribution < 1.29 is 9.53 Å². The van der Waals surface area contributed by atoms with Crippen molar-refractivity contribution in [3.63, 3.8) is 0 Å². The van der Waals surface area contributed by atoms with Gasteiger partial charge in [-0.15, -0.1) is 0 Å². The number of hydrogen-bond acceptors (Lipinski definition) is 3. The Morgan fingerprint density at radius 1 is 1.04 bits per heavy atom. The van der Waals surface area contributed by atoms with Crippen molar-refractivity contribution in [3.05, 3.63) is 78.1 Å². The number of carbonyl (C=O) groups excluding carboxylic acids is 1. The number of alkyl carbamates (subject to hydrolysis) is 1. The zero-order chi connectivity index (χ0) is 16.6. The van der Waals surface area contributed by atoms with Crippen LogP contribution in [0.25, 0.3) is 10.8 Å².